The maximum absolute atomic E-state index is 14.5. The summed E-state index contributed by atoms with van der Waals surface area (Å²) in [5, 5.41) is 0.743. The lowest BCUT2D eigenvalue weighted by atomic mass is 9.93. The molecule has 0 saturated carbocycles. The van der Waals surface area contributed by atoms with Gasteiger partial charge in [0, 0.05) is 35.2 Å². The summed E-state index contributed by atoms with van der Waals surface area (Å²) in [5.41, 5.74) is 4.36. The number of halogens is 1. The lowest BCUT2D eigenvalue weighted by molar-refractivity contribution is -0.0592. The van der Waals surface area contributed by atoms with E-state index >= 15 is 0 Å². The van der Waals surface area contributed by atoms with E-state index in [-0.39, 0.29) is 18.5 Å². The molecule has 2 aromatic carbocycles. The van der Waals surface area contributed by atoms with Crippen LogP contribution in [0.15, 0.2) is 71.3 Å². The molecule has 200 valence electrons. The molecule has 0 amide bonds. The highest BCUT2D eigenvalue weighted by Crippen LogP contribution is 2.30. The number of aromatic nitrogens is 3. The second kappa shape index (κ2) is 10.4. The van der Waals surface area contributed by atoms with Gasteiger partial charge in [0.1, 0.15) is 23.8 Å². The van der Waals surface area contributed by atoms with Gasteiger partial charge in [0.15, 0.2) is 0 Å². The highest BCUT2D eigenvalue weighted by molar-refractivity contribution is 5.78. The van der Waals surface area contributed by atoms with E-state index in [0.717, 1.165) is 74.5 Å². The van der Waals surface area contributed by atoms with Crippen LogP contribution in [-0.2, 0) is 24.4 Å². The van der Waals surface area contributed by atoms with Gasteiger partial charge in [-0.1, -0.05) is 18.2 Å². The van der Waals surface area contributed by atoms with E-state index in [1.54, 1.807) is 18.4 Å². The molecule has 2 fully saturated rings. The summed E-state index contributed by atoms with van der Waals surface area (Å²) in [6.45, 7) is 4.62. The molecule has 0 bridgehead atoms. The molecule has 2 aliphatic rings. The van der Waals surface area contributed by atoms with Crippen molar-refractivity contribution in [2.75, 3.05) is 19.7 Å². The molecule has 2 aliphatic heterocycles. The Bertz CT molecular complexity index is 1600. The maximum atomic E-state index is 14.5. The standard InChI is InChI=1S/C31H31FN4O3/c32-25-16-22-10-14-38-29(22)17-23(25)20-39-31-7-3-5-26(34-31)21-8-12-35(13-9-21)19-30-33-27-4-1-2-6-28(27)36(30)18-24-11-15-37-24/h1-7,10,14,16-17,21,24H,8-9,11-13,15,18-20H2/t24-/m0/s1. The number of hydrogen-bond acceptors (Lipinski definition) is 6. The number of benzene rings is 2. The van der Waals surface area contributed by atoms with Crippen molar-refractivity contribution in [3.05, 3.63) is 89.8 Å². The Morgan fingerprint density at radius 2 is 1.85 bits per heavy atom. The number of piperidine rings is 1. The summed E-state index contributed by atoms with van der Waals surface area (Å²) in [6.07, 6.45) is 5.00. The first kappa shape index (κ1) is 24.3. The summed E-state index contributed by atoms with van der Waals surface area (Å²) >= 11 is 0. The number of furan rings is 1. The number of hydrogen-bond donors (Lipinski definition) is 0. The SMILES string of the molecule is Fc1cc2ccoc2cc1COc1cccc(C2CCN(Cc3nc4ccccc4n3C[C@@H]3CCO3)CC2)n1. The molecular weight excluding hydrogens is 495 g/mol. The van der Waals surface area contributed by atoms with Crippen LogP contribution in [0.1, 0.15) is 42.3 Å². The molecule has 2 saturated heterocycles. The van der Waals surface area contributed by atoms with Crippen molar-refractivity contribution in [1.82, 2.24) is 19.4 Å². The zero-order chi connectivity index (χ0) is 26.2. The topological polar surface area (TPSA) is 65.5 Å². The number of fused-ring (bicyclic) bond motifs is 2. The average molecular weight is 527 g/mol. The molecule has 5 heterocycles. The first-order valence-corrected chi connectivity index (χ1v) is 13.7. The fraction of sp³-hybridized carbons (Fsp3) is 0.355. The molecule has 0 unspecified atom stereocenters. The zero-order valence-corrected chi connectivity index (χ0v) is 21.8. The van der Waals surface area contributed by atoms with Gasteiger partial charge in [-0.2, -0.15) is 0 Å². The highest BCUT2D eigenvalue weighted by Gasteiger charge is 2.26. The summed E-state index contributed by atoms with van der Waals surface area (Å²) in [7, 11) is 0. The molecule has 7 nitrogen and oxygen atoms in total. The van der Waals surface area contributed by atoms with Gasteiger partial charge in [-0.15, -0.1) is 0 Å². The van der Waals surface area contributed by atoms with Crippen molar-refractivity contribution >= 4 is 22.0 Å². The number of likely N-dealkylation sites (tertiary alicyclic amines) is 1. The van der Waals surface area contributed by atoms with E-state index in [1.807, 2.05) is 18.2 Å². The Kier molecular flexibility index (Phi) is 6.50. The number of imidazole rings is 1. The molecule has 0 radical (unpaired) electrons. The Hall–Kier alpha value is -3.75. The van der Waals surface area contributed by atoms with Crippen LogP contribution in [0.5, 0.6) is 5.88 Å². The molecular formula is C31H31FN4O3. The lowest BCUT2D eigenvalue weighted by Gasteiger charge is -2.32. The largest absolute Gasteiger partial charge is 0.473 e. The quantitative estimate of drug-likeness (QED) is 0.245. The number of pyridine rings is 1. The number of rotatable bonds is 8. The first-order chi connectivity index (χ1) is 19.2. The predicted octanol–water partition coefficient (Wildman–Crippen LogP) is 6.06. The Balaban J connectivity index is 0.990. The van der Waals surface area contributed by atoms with Crippen molar-refractivity contribution in [3.63, 3.8) is 0 Å². The molecule has 8 heteroatoms. The van der Waals surface area contributed by atoms with Crippen molar-refractivity contribution in [2.24, 2.45) is 0 Å². The molecule has 5 aromatic rings. The van der Waals surface area contributed by atoms with Gasteiger partial charge in [0.2, 0.25) is 5.88 Å². The van der Waals surface area contributed by atoms with Gasteiger partial charge in [0.05, 0.1) is 36.5 Å². The number of nitrogens with zero attached hydrogens (tertiary/aromatic N) is 4. The fourth-order valence-electron chi connectivity index (χ4n) is 5.69. The van der Waals surface area contributed by atoms with Gasteiger partial charge < -0.3 is 18.5 Å². The Morgan fingerprint density at radius 1 is 0.974 bits per heavy atom. The predicted molar refractivity (Wildman–Crippen MR) is 146 cm³/mol. The van der Waals surface area contributed by atoms with Gasteiger partial charge in [0.25, 0.3) is 0 Å². The van der Waals surface area contributed by atoms with E-state index in [1.165, 1.54) is 11.6 Å². The monoisotopic (exact) mass is 526 g/mol. The minimum atomic E-state index is -0.304. The smallest absolute Gasteiger partial charge is 0.213 e. The minimum Gasteiger partial charge on any atom is -0.473 e. The number of para-hydroxylation sites is 2. The second-order valence-electron chi connectivity index (χ2n) is 10.6. The van der Waals surface area contributed by atoms with E-state index in [4.69, 9.17) is 23.9 Å². The molecule has 3 aromatic heterocycles. The summed E-state index contributed by atoms with van der Waals surface area (Å²) < 4.78 is 33.8. The Morgan fingerprint density at radius 3 is 2.69 bits per heavy atom. The van der Waals surface area contributed by atoms with E-state index in [9.17, 15) is 4.39 Å². The third-order valence-corrected chi connectivity index (χ3v) is 8.03. The van der Waals surface area contributed by atoms with Crippen LogP contribution in [-0.4, -0.2) is 45.2 Å². The van der Waals surface area contributed by atoms with Crippen LogP contribution in [0.3, 0.4) is 0 Å². The van der Waals surface area contributed by atoms with Crippen LogP contribution in [0.4, 0.5) is 4.39 Å². The summed E-state index contributed by atoms with van der Waals surface area (Å²) in [5.74, 6) is 1.68. The maximum Gasteiger partial charge on any atom is 0.213 e. The van der Waals surface area contributed by atoms with Crippen LogP contribution < -0.4 is 4.74 Å². The fourth-order valence-corrected chi connectivity index (χ4v) is 5.69. The van der Waals surface area contributed by atoms with E-state index < -0.39 is 0 Å². The molecule has 0 spiro atoms. The first-order valence-electron chi connectivity index (χ1n) is 13.7. The number of ether oxygens (including phenoxy) is 2. The average Bonchev–Trinajstić information content (AvgIpc) is 3.53. The van der Waals surface area contributed by atoms with Crippen molar-refractivity contribution < 1.29 is 18.3 Å². The Labute approximate surface area is 226 Å². The van der Waals surface area contributed by atoms with Crippen LogP contribution in [0.2, 0.25) is 0 Å². The summed E-state index contributed by atoms with van der Waals surface area (Å²) in [6, 6.07) is 19.2. The van der Waals surface area contributed by atoms with Crippen molar-refractivity contribution in [1.29, 1.82) is 0 Å². The molecule has 0 N–H and O–H groups in total. The van der Waals surface area contributed by atoms with Crippen molar-refractivity contribution in [3.8, 4) is 5.88 Å². The minimum absolute atomic E-state index is 0.101. The lowest BCUT2D eigenvalue weighted by Crippen LogP contribution is -2.35. The van der Waals surface area contributed by atoms with Crippen LogP contribution >= 0.6 is 0 Å². The molecule has 1 atom stereocenters. The molecule has 0 aliphatic carbocycles. The normalized spacial score (nSPS) is 18.5. The van der Waals surface area contributed by atoms with Crippen LogP contribution in [0, 0.1) is 5.82 Å². The zero-order valence-electron chi connectivity index (χ0n) is 21.8. The second-order valence-corrected chi connectivity index (χ2v) is 10.6. The van der Waals surface area contributed by atoms with Crippen molar-refractivity contribution in [2.45, 2.75) is 51.0 Å². The van der Waals surface area contributed by atoms with E-state index in [2.05, 4.69) is 33.7 Å². The third-order valence-electron chi connectivity index (χ3n) is 8.03. The molecule has 7 rings (SSSR count). The van der Waals surface area contributed by atoms with Gasteiger partial charge in [-0.05, 0) is 68.8 Å². The van der Waals surface area contributed by atoms with Gasteiger partial charge >= 0.3 is 0 Å². The van der Waals surface area contributed by atoms with Crippen LogP contribution in [0.25, 0.3) is 22.0 Å². The molecule has 39 heavy (non-hydrogen) atoms. The van der Waals surface area contributed by atoms with E-state index in [0.29, 0.717) is 22.9 Å². The summed E-state index contributed by atoms with van der Waals surface area (Å²) in [4.78, 5) is 12.2. The highest BCUT2D eigenvalue weighted by atomic mass is 19.1. The van der Waals surface area contributed by atoms with Gasteiger partial charge in [-0.3, -0.25) is 4.90 Å². The van der Waals surface area contributed by atoms with Gasteiger partial charge in [-0.25, -0.2) is 14.4 Å². The third kappa shape index (κ3) is 5.02.